The zero-order valence-electron chi connectivity index (χ0n) is 14.0. The summed E-state index contributed by atoms with van der Waals surface area (Å²) in [5.74, 6) is 0.527. The van der Waals surface area contributed by atoms with Crippen LogP contribution in [0.25, 0.3) is 0 Å². The highest BCUT2D eigenvalue weighted by molar-refractivity contribution is 7.91. The molecule has 0 aliphatic carbocycles. The molecular weight excluding hydrogens is 354 g/mol. The number of benzene rings is 2. The number of aromatic nitrogens is 1. The zero-order chi connectivity index (χ0) is 18.6. The summed E-state index contributed by atoms with van der Waals surface area (Å²) < 4.78 is 30.2. The second-order valence-electron chi connectivity index (χ2n) is 5.62. The van der Waals surface area contributed by atoms with Gasteiger partial charge in [-0.25, -0.2) is 18.2 Å². The lowest BCUT2D eigenvalue weighted by Gasteiger charge is -2.08. The van der Waals surface area contributed by atoms with Crippen molar-refractivity contribution in [1.82, 2.24) is 10.3 Å². The molecule has 8 heteroatoms. The smallest absolute Gasteiger partial charge is 0.319 e. The van der Waals surface area contributed by atoms with Crippen LogP contribution in [-0.2, 0) is 16.4 Å². The van der Waals surface area contributed by atoms with Gasteiger partial charge in [0.2, 0.25) is 9.84 Å². The van der Waals surface area contributed by atoms with E-state index >= 15 is 0 Å². The van der Waals surface area contributed by atoms with Crippen LogP contribution in [0.1, 0.15) is 11.3 Å². The maximum atomic E-state index is 12.6. The molecule has 0 fully saturated rings. The molecule has 0 spiro atoms. The number of amides is 2. The van der Waals surface area contributed by atoms with Gasteiger partial charge >= 0.3 is 6.03 Å². The van der Waals surface area contributed by atoms with E-state index in [1.807, 2.05) is 6.92 Å². The van der Waals surface area contributed by atoms with Gasteiger partial charge in [0.15, 0.2) is 6.39 Å². The Hall–Kier alpha value is -3.13. The van der Waals surface area contributed by atoms with Crippen LogP contribution in [0.2, 0.25) is 0 Å². The van der Waals surface area contributed by atoms with Crippen LogP contribution >= 0.6 is 0 Å². The van der Waals surface area contributed by atoms with Crippen molar-refractivity contribution in [1.29, 1.82) is 0 Å². The average Bonchev–Trinajstić information content (AvgIpc) is 3.14. The molecule has 0 aliphatic heterocycles. The summed E-state index contributed by atoms with van der Waals surface area (Å²) in [6.45, 7) is 2.09. The molecule has 0 bridgehead atoms. The van der Waals surface area contributed by atoms with E-state index in [-0.39, 0.29) is 16.3 Å². The Labute approximate surface area is 151 Å². The Morgan fingerprint density at radius 3 is 2.23 bits per heavy atom. The molecule has 1 aromatic heterocycles. The standard InChI is InChI=1S/C18H17N3O4S/c1-13-2-6-16(7-3-13)26(23,24)17-8-4-14(5-9-17)21-18(22)20-11-15-10-19-12-25-15/h2-10,12H,11H2,1H3,(H2,20,21,22). The third-order valence-corrected chi connectivity index (χ3v) is 5.45. The largest absolute Gasteiger partial charge is 0.447 e. The van der Waals surface area contributed by atoms with E-state index in [1.54, 1.807) is 24.3 Å². The van der Waals surface area contributed by atoms with Crippen LogP contribution in [0.4, 0.5) is 10.5 Å². The summed E-state index contributed by atoms with van der Waals surface area (Å²) in [4.78, 5) is 16.0. The van der Waals surface area contributed by atoms with Crippen molar-refractivity contribution in [2.24, 2.45) is 0 Å². The summed E-state index contributed by atoms with van der Waals surface area (Å²) in [7, 11) is -3.59. The molecule has 134 valence electrons. The van der Waals surface area contributed by atoms with E-state index in [4.69, 9.17) is 4.42 Å². The number of aryl methyl sites for hydroxylation is 1. The van der Waals surface area contributed by atoms with Crippen molar-refractivity contribution in [2.45, 2.75) is 23.3 Å². The molecule has 0 aliphatic rings. The van der Waals surface area contributed by atoms with Crippen molar-refractivity contribution < 1.29 is 17.6 Å². The molecule has 0 unspecified atom stereocenters. The van der Waals surface area contributed by atoms with Crippen molar-refractivity contribution >= 4 is 21.6 Å². The molecule has 0 saturated heterocycles. The third kappa shape index (κ3) is 4.09. The van der Waals surface area contributed by atoms with Crippen molar-refractivity contribution in [2.75, 3.05) is 5.32 Å². The Morgan fingerprint density at radius 1 is 1.04 bits per heavy atom. The topological polar surface area (TPSA) is 101 Å². The number of hydrogen-bond donors (Lipinski definition) is 2. The number of urea groups is 1. The molecular formula is C18H17N3O4S. The van der Waals surface area contributed by atoms with Crippen molar-refractivity contribution in [3.8, 4) is 0 Å². The van der Waals surface area contributed by atoms with E-state index in [0.717, 1.165) is 5.56 Å². The lowest BCUT2D eigenvalue weighted by atomic mass is 10.2. The SMILES string of the molecule is Cc1ccc(S(=O)(=O)c2ccc(NC(=O)NCc3cnco3)cc2)cc1. The summed E-state index contributed by atoms with van der Waals surface area (Å²) in [5.41, 5.74) is 1.46. The Kier molecular flexibility index (Phi) is 5.04. The van der Waals surface area contributed by atoms with Gasteiger partial charge < -0.3 is 15.1 Å². The second kappa shape index (κ2) is 7.40. The number of nitrogens with zero attached hydrogens (tertiary/aromatic N) is 1. The predicted octanol–water partition coefficient (Wildman–Crippen LogP) is 3.14. The first-order valence-corrected chi connectivity index (χ1v) is 9.27. The normalized spacial score (nSPS) is 11.1. The highest BCUT2D eigenvalue weighted by atomic mass is 32.2. The number of carbonyl (C=O) groups is 1. The van der Waals surface area contributed by atoms with Crippen molar-refractivity contribution in [3.63, 3.8) is 0 Å². The van der Waals surface area contributed by atoms with E-state index in [1.165, 1.54) is 36.9 Å². The summed E-state index contributed by atoms with van der Waals surface area (Å²) in [6, 6.07) is 12.2. The Bertz CT molecular complexity index is 980. The first kappa shape index (κ1) is 17.7. The third-order valence-electron chi connectivity index (χ3n) is 3.66. The molecule has 3 rings (SSSR count). The van der Waals surface area contributed by atoms with Gasteiger partial charge in [-0.15, -0.1) is 0 Å². The van der Waals surface area contributed by atoms with E-state index < -0.39 is 15.9 Å². The number of nitrogens with one attached hydrogen (secondary N) is 2. The Balaban J connectivity index is 1.66. The summed E-state index contributed by atoms with van der Waals surface area (Å²) in [5, 5.41) is 5.23. The van der Waals surface area contributed by atoms with Gasteiger partial charge in [-0.2, -0.15) is 0 Å². The molecule has 0 saturated carbocycles. The highest BCUT2D eigenvalue weighted by Gasteiger charge is 2.17. The number of carbonyl (C=O) groups excluding carboxylic acids is 1. The minimum atomic E-state index is -3.59. The fraction of sp³-hybridized carbons (Fsp3) is 0.111. The second-order valence-corrected chi connectivity index (χ2v) is 7.57. The number of hydrogen-bond acceptors (Lipinski definition) is 5. The summed E-state index contributed by atoms with van der Waals surface area (Å²) >= 11 is 0. The minimum absolute atomic E-state index is 0.161. The van der Waals surface area contributed by atoms with Gasteiger partial charge in [0.05, 0.1) is 22.5 Å². The van der Waals surface area contributed by atoms with Gasteiger partial charge in [0.25, 0.3) is 0 Å². The summed E-state index contributed by atoms with van der Waals surface area (Å²) in [6.07, 6.45) is 2.78. The van der Waals surface area contributed by atoms with Gasteiger partial charge in [0, 0.05) is 5.69 Å². The maximum absolute atomic E-state index is 12.6. The lowest BCUT2D eigenvalue weighted by molar-refractivity contribution is 0.251. The molecule has 3 aromatic rings. The predicted molar refractivity (Wildman–Crippen MR) is 95.4 cm³/mol. The highest BCUT2D eigenvalue weighted by Crippen LogP contribution is 2.22. The fourth-order valence-electron chi connectivity index (χ4n) is 2.24. The molecule has 0 radical (unpaired) electrons. The molecule has 2 N–H and O–H groups in total. The van der Waals surface area contributed by atoms with Crippen LogP contribution in [0.15, 0.2) is 75.3 Å². The number of anilines is 1. The number of oxazole rings is 1. The van der Waals surface area contributed by atoms with Gasteiger partial charge in [0.1, 0.15) is 5.76 Å². The molecule has 7 nitrogen and oxygen atoms in total. The van der Waals surface area contributed by atoms with Gasteiger partial charge in [-0.3, -0.25) is 0 Å². The molecule has 26 heavy (non-hydrogen) atoms. The van der Waals surface area contributed by atoms with Crippen molar-refractivity contribution in [3.05, 3.63) is 72.4 Å². The van der Waals surface area contributed by atoms with E-state index in [2.05, 4.69) is 15.6 Å². The quantitative estimate of drug-likeness (QED) is 0.717. The maximum Gasteiger partial charge on any atom is 0.319 e. The molecule has 2 amide bonds. The first-order chi connectivity index (χ1) is 12.4. The zero-order valence-corrected chi connectivity index (χ0v) is 14.8. The van der Waals surface area contributed by atoms with Gasteiger partial charge in [-0.1, -0.05) is 17.7 Å². The van der Waals surface area contributed by atoms with E-state index in [9.17, 15) is 13.2 Å². The van der Waals surface area contributed by atoms with Crippen LogP contribution in [0, 0.1) is 6.92 Å². The number of rotatable bonds is 5. The number of sulfone groups is 1. The fourth-order valence-corrected chi connectivity index (χ4v) is 3.50. The van der Waals surface area contributed by atoms with E-state index in [0.29, 0.717) is 11.4 Å². The van der Waals surface area contributed by atoms with Crippen LogP contribution < -0.4 is 10.6 Å². The first-order valence-electron chi connectivity index (χ1n) is 7.79. The molecule has 2 aromatic carbocycles. The molecule has 0 atom stereocenters. The molecule has 1 heterocycles. The van der Waals surface area contributed by atoms with Crippen LogP contribution in [0.3, 0.4) is 0 Å². The van der Waals surface area contributed by atoms with Crippen LogP contribution in [-0.4, -0.2) is 19.4 Å². The van der Waals surface area contributed by atoms with Crippen LogP contribution in [0.5, 0.6) is 0 Å². The average molecular weight is 371 g/mol. The lowest BCUT2D eigenvalue weighted by Crippen LogP contribution is -2.27. The minimum Gasteiger partial charge on any atom is -0.447 e. The monoisotopic (exact) mass is 371 g/mol. The Morgan fingerprint density at radius 2 is 1.65 bits per heavy atom. The van der Waals surface area contributed by atoms with Gasteiger partial charge in [-0.05, 0) is 43.3 Å².